The Labute approximate surface area is 147 Å². The number of nitrogens with one attached hydrogen (secondary N) is 3. The number of aliphatic hydroxyl groups is 1. The van der Waals surface area contributed by atoms with Gasteiger partial charge in [-0.15, -0.1) is 0 Å². The van der Waals surface area contributed by atoms with E-state index in [1.165, 1.54) is 0 Å². The molecule has 0 radical (unpaired) electrons. The largest absolute Gasteiger partial charge is 0.391 e. The van der Waals surface area contributed by atoms with E-state index in [1.807, 2.05) is 0 Å². The van der Waals surface area contributed by atoms with Crippen molar-refractivity contribution in [1.82, 2.24) is 20.9 Å². The minimum absolute atomic E-state index is 0.0326. The lowest BCUT2D eigenvalue weighted by Gasteiger charge is -2.36. The summed E-state index contributed by atoms with van der Waals surface area (Å²) in [6, 6.07) is -0.845. The van der Waals surface area contributed by atoms with Gasteiger partial charge in [0, 0.05) is 32.6 Å². The van der Waals surface area contributed by atoms with E-state index in [4.69, 9.17) is 0 Å². The van der Waals surface area contributed by atoms with Gasteiger partial charge in [0.2, 0.25) is 17.7 Å². The molecule has 2 heterocycles. The molecule has 8 nitrogen and oxygen atoms in total. The van der Waals surface area contributed by atoms with E-state index in [-0.39, 0.29) is 29.2 Å². The second kappa shape index (κ2) is 7.29. The molecule has 3 atom stereocenters. The lowest BCUT2D eigenvalue weighted by Crippen LogP contribution is -2.61. The van der Waals surface area contributed by atoms with Gasteiger partial charge in [0.1, 0.15) is 6.04 Å². The van der Waals surface area contributed by atoms with Crippen molar-refractivity contribution in [3.63, 3.8) is 0 Å². The molecule has 8 heteroatoms. The van der Waals surface area contributed by atoms with Gasteiger partial charge in [0.25, 0.3) is 0 Å². The van der Waals surface area contributed by atoms with E-state index in [1.54, 1.807) is 11.8 Å². The van der Waals surface area contributed by atoms with Gasteiger partial charge in [-0.05, 0) is 38.0 Å². The number of hydrogen-bond acceptors (Lipinski definition) is 5. The zero-order valence-corrected chi connectivity index (χ0v) is 14.7. The Balaban J connectivity index is 1.32. The van der Waals surface area contributed by atoms with Gasteiger partial charge in [0.15, 0.2) is 0 Å². The predicted octanol–water partition coefficient (Wildman–Crippen LogP) is -1.27. The van der Waals surface area contributed by atoms with Gasteiger partial charge in [-0.1, -0.05) is 0 Å². The van der Waals surface area contributed by atoms with Crippen LogP contribution in [0.3, 0.4) is 0 Å². The number of piperazine rings is 1. The molecule has 2 saturated heterocycles. The fraction of sp³-hybridized carbons (Fsp3) is 0.824. The minimum Gasteiger partial charge on any atom is -0.391 e. The molecular weight excluding hydrogens is 324 g/mol. The fourth-order valence-electron chi connectivity index (χ4n) is 3.61. The molecule has 3 amide bonds. The molecule has 3 aliphatic rings. The van der Waals surface area contributed by atoms with E-state index in [9.17, 15) is 19.5 Å². The Morgan fingerprint density at radius 2 is 2.12 bits per heavy atom. The van der Waals surface area contributed by atoms with Crippen molar-refractivity contribution in [3.8, 4) is 0 Å². The molecule has 1 aliphatic carbocycles. The standard InChI is InChI=1S/C17H28N4O4/c1-11-15(24)20-12(9-19-11)16(25)18-7-2-3-14(23)21-8-6-17(4-5-17)13(22)10-21/h11-13,19,22H,2-10H2,1H3,(H,18,25)(H,20,24)/t11-,12-,13+/m0/s1. The van der Waals surface area contributed by atoms with Gasteiger partial charge in [-0.25, -0.2) is 0 Å². The van der Waals surface area contributed by atoms with Crippen LogP contribution in [0.15, 0.2) is 0 Å². The Kier molecular flexibility index (Phi) is 5.29. The van der Waals surface area contributed by atoms with Crippen LogP contribution in [0.1, 0.15) is 39.0 Å². The molecule has 0 aromatic carbocycles. The lowest BCUT2D eigenvalue weighted by atomic mass is 9.90. The minimum atomic E-state index is -0.564. The average Bonchev–Trinajstić information content (AvgIpc) is 3.37. The van der Waals surface area contributed by atoms with Gasteiger partial charge >= 0.3 is 0 Å². The van der Waals surface area contributed by atoms with Crippen LogP contribution >= 0.6 is 0 Å². The molecule has 1 saturated carbocycles. The SMILES string of the molecule is C[C@@H]1NC[C@@H](C(=O)NCCCC(=O)N2CCC3(CC3)[C@H](O)C2)NC1=O. The van der Waals surface area contributed by atoms with Gasteiger partial charge in [0.05, 0.1) is 12.1 Å². The molecule has 1 spiro atoms. The summed E-state index contributed by atoms with van der Waals surface area (Å²) < 4.78 is 0. The number of rotatable bonds is 5. The van der Waals surface area contributed by atoms with Crippen molar-refractivity contribution >= 4 is 17.7 Å². The molecule has 140 valence electrons. The molecule has 4 N–H and O–H groups in total. The Bertz CT molecular complexity index is 549. The van der Waals surface area contributed by atoms with E-state index in [2.05, 4.69) is 16.0 Å². The number of piperidine rings is 1. The second-order valence-electron chi connectivity index (χ2n) is 7.55. The first kappa shape index (κ1) is 18.1. The molecule has 3 fully saturated rings. The van der Waals surface area contributed by atoms with Crippen LogP contribution in [0.4, 0.5) is 0 Å². The summed E-state index contributed by atoms with van der Waals surface area (Å²) in [5.41, 5.74) is 0.0979. The van der Waals surface area contributed by atoms with Crippen LogP contribution < -0.4 is 16.0 Å². The first-order valence-electron chi connectivity index (χ1n) is 9.19. The van der Waals surface area contributed by atoms with Gasteiger partial charge < -0.3 is 26.0 Å². The molecule has 0 aromatic rings. The van der Waals surface area contributed by atoms with Crippen molar-refractivity contribution in [2.24, 2.45) is 5.41 Å². The molecule has 2 aliphatic heterocycles. The van der Waals surface area contributed by atoms with E-state index >= 15 is 0 Å². The summed E-state index contributed by atoms with van der Waals surface area (Å²) >= 11 is 0. The third-order valence-corrected chi connectivity index (χ3v) is 5.75. The van der Waals surface area contributed by atoms with Crippen molar-refractivity contribution in [2.45, 2.75) is 57.2 Å². The van der Waals surface area contributed by atoms with Crippen molar-refractivity contribution < 1.29 is 19.5 Å². The second-order valence-corrected chi connectivity index (χ2v) is 7.55. The Hall–Kier alpha value is -1.67. The molecular formula is C17H28N4O4. The highest BCUT2D eigenvalue weighted by molar-refractivity contribution is 5.91. The summed E-state index contributed by atoms with van der Waals surface area (Å²) in [5.74, 6) is -0.381. The monoisotopic (exact) mass is 352 g/mol. The van der Waals surface area contributed by atoms with Crippen LogP contribution in [-0.4, -0.2) is 72.1 Å². The average molecular weight is 352 g/mol. The number of carbonyl (C=O) groups excluding carboxylic acids is 3. The maximum absolute atomic E-state index is 12.2. The van der Waals surface area contributed by atoms with E-state index in [0.717, 1.165) is 25.8 Å². The quantitative estimate of drug-likeness (QED) is 0.461. The first-order valence-corrected chi connectivity index (χ1v) is 9.19. The Morgan fingerprint density at radius 1 is 1.36 bits per heavy atom. The molecule has 0 bridgehead atoms. The highest BCUT2D eigenvalue weighted by atomic mass is 16.3. The smallest absolute Gasteiger partial charge is 0.243 e. The summed E-state index contributed by atoms with van der Waals surface area (Å²) in [4.78, 5) is 37.6. The summed E-state index contributed by atoms with van der Waals surface area (Å²) in [5, 5.41) is 18.6. The molecule has 3 rings (SSSR count). The van der Waals surface area contributed by atoms with Crippen LogP contribution in [0.25, 0.3) is 0 Å². The van der Waals surface area contributed by atoms with Crippen LogP contribution in [0.2, 0.25) is 0 Å². The highest BCUT2D eigenvalue weighted by Gasteiger charge is 2.51. The summed E-state index contributed by atoms with van der Waals surface area (Å²) in [6.07, 6.45) is 3.55. The third-order valence-electron chi connectivity index (χ3n) is 5.75. The number of amides is 3. The maximum Gasteiger partial charge on any atom is 0.243 e. The van der Waals surface area contributed by atoms with Crippen LogP contribution in [0, 0.1) is 5.41 Å². The molecule has 0 aromatic heterocycles. The van der Waals surface area contributed by atoms with E-state index in [0.29, 0.717) is 32.5 Å². The van der Waals surface area contributed by atoms with Crippen LogP contribution in [-0.2, 0) is 14.4 Å². The maximum atomic E-state index is 12.2. The topological polar surface area (TPSA) is 111 Å². The highest BCUT2D eigenvalue weighted by Crippen LogP contribution is 2.53. The lowest BCUT2D eigenvalue weighted by molar-refractivity contribution is -0.136. The van der Waals surface area contributed by atoms with Crippen molar-refractivity contribution in [1.29, 1.82) is 0 Å². The van der Waals surface area contributed by atoms with Gasteiger partial charge in [-0.3, -0.25) is 14.4 Å². The summed E-state index contributed by atoms with van der Waals surface area (Å²) in [7, 11) is 0. The first-order chi connectivity index (χ1) is 11.9. The number of hydrogen-bond donors (Lipinski definition) is 4. The van der Waals surface area contributed by atoms with Crippen molar-refractivity contribution in [2.75, 3.05) is 26.2 Å². The summed E-state index contributed by atoms with van der Waals surface area (Å²) in [6.45, 7) is 3.71. The normalized spacial score (nSPS) is 30.7. The number of aliphatic hydroxyl groups excluding tert-OH is 1. The van der Waals surface area contributed by atoms with Crippen LogP contribution in [0.5, 0.6) is 0 Å². The number of carbonyl (C=O) groups is 3. The van der Waals surface area contributed by atoms with Crippen molar-refractivity contribution in [3.05, 3.63) is 0 Å². The van der Waals surface area contributed by atoms with E-state index < -0.39 is 12.1 Å². The molecule has 25 heavy (non-hydrogen) atoms. The number of β-amino-alcohol motifs (C(OH)–C–C–N with tert-alkyl or cyclic N) is 1. The zero-order valence-electron chi connectivity index (χ0n) is 14.7. The number of likely N-dealkylation sites (tertiary alicyclic amines) is 1. The molecule has 0 unspecified atom stereocenters. The third kappa shape index (κ3) is 4.12. The van der Waals surface area contributed by atoms with Gasteiger partial charge in [-0.2, -0.15) is 0 Å². The fourth-order valence-corrected chi connectivity index (χ4v) is 3.61. The predicted molar refractivity (Wildman–Crippen MR) is 90.5 cm³/mol. The Morgan fingerprint density at radius 3 is 2.76 bits per heavy atom. The number of nitrogens with zero attached hydrogens (tertiary/aromatic N) is 1. The zero-order chi connectivity index (χ0) is 18.0.